The highest BCUT2D eigenvalue weighted by Crippen LogP contribution is 2.24. The zero-order valence-electron chi connectivity index (χ0n) is 11.5. The third kappa shape index (κ3) is 3.80. The topological polar surface area (TPSA) is 34.2 Å². The minimum absolute atomic E-state index is 0.0192. The van der Waals surface area contributed by atoms with Crippen molar-refractivity contribution in [2.24, 2.45) is 0 Å². The molecule has 1 aromatic carbocycles. The summed E-state index contributed by atoms with van der Waals surface area (Å²) >= 11 is 0. The highest BCUT2D eigenvalue weighted by atomic mass is 16.5. The Morgan fingerprint density at radius 3 is 2.74 bits per heavy atom. The van der Waals surface area contributed by atoms with E-state index in [1.165, 1.54) is 5.56 Å². The van der Waals surface area contributed by atoms with E-state index in [2.05, 4.69) is 36.3 Å². The van der Waals surface area contributed by atoms with Gasteiger partial charge in [-0.25, -0.2) is 0 Å². The van der Waals surface area contributed by atoms with Crippen LogP contribution in [0.25, 0.3) is 0 Å². The maximum absolute atomic E-state index is 6.03. The van der Waals surface area contributed by atoms with Gasteiger partial charge in [0.1, 0.15) is 11.9 Å². The molecular formula is C16H20N2O. The fourth-order valence-corrected chi connectivity index (χ4v) is 1.90. The van der Waals surface area contributed by atoms with Crippen LogP contribution in [0.3, 0.4) is 0 Å². The molecule has 0 saturated carbocycles. The van der Waals surface area contributed by atoms with E-state index in [9.17, 15) is 0 Å². The number of nitrogens with zero attached hydrogens (tertiary/aromatic N) is 1. The Balaban J connectivity index is 2.10. The van der Waals surface area contributed by atoms with Gasteiger partial charge in [-0.15, -0.1) is 0 Å². The van der Waals surface area contributed by atoms with Crippen molar-refractivity contribution in [3.63, 3.8) is 0 Å². The molecular weight excluding hydrogens is 236 g/mol. The molecule has 0 radical (unpaired) electrons. The maximum atomic E-state index is 6.03. The van der Waals surface area contributed by atoms with Gasteiger partial charge in [0.15, 0.2) is 0 Å². The van der Waals surface area contributed by atoms with Crippen LogP contribution >= 0.6 is 0 Å². The van der Waals surface area contributed by atoms with Crippen LogP contribution in [0.4, 0.5) is 0 Å². The third-order valence-corrected chi connectivity index (χ3v) is 3.01. The number of hydrogen-bond donors (Lipinski definition) is 1. The van der Waals surface area contributed by atoms with Crippen molar-refractivity contribution in [3.05, 3.63) is 59.9 Å². The SMILES string of the molecule is CCNCc1ccncc1OC(C)c1ccccc1. The zero-order valence-corrected chi connectivity index (χ0v) is 11.5. The summed E-state index contributed by atoms with van der Waals surface area (Å²) in [7, 11) is 0. The molecule has 100 valence electrons. The number of pyridine rings is 1. The number of rotatable bonds is 6. The van der Waals surface area contributed by atoms with Gasteiger partial charge in [0, 0.05) is 18.3 Å². The molecule has 0 aliphatic carbocycles. The molecule has 3 nitrogen and oxygen atoms in total. The highest BCUT2D eigenvalue weighted by molar-refractivity contribution is 5.31. The quantitative estimate of drug-likeness (QED) is 0.860. The van der Waals surface area contributed by atoms with E-state index in [0.29, 0.717) is 0 Å². The summed E-state index contributed by atoms with van der Waals surface area (Å²) in [5.74, 6) is 0.847. The lowest BCUT2D eigenvalue weighted by Gasteiger charge is -2.17. The Kier molecular flexibility index (Phi) is 4.93. The minimum Gasteiger partial charge on any atom is -0.484 e. The van der Waals surface area contributed by atoms with E-state index in [4.69, 9.17) is 4.74 Å². The molecule has 0 aliphatic rings. The minimum atomic E-state index is 0.0192. The molecule has 2 rings (SSSR count). The standard InChI is InChI=1S/C16H20N2O/c1-3-17-11-15-9-10-18-12-16(15)19-13(2)14-7-5-4-6-8-14/h4-10,12-13,17H,3,11H2,1-2H3. The lowest BCUT2D eigenvalue weighted by Crippen LogP contribution is -2.13. The van der Waals surface area contributed by atoms with E-state index in [-0.39, 0.29) is 6.10 Å². The van der Waals surface area contributed by atoms with Crippen LogP contribution in [0, 0.1) is 0 Å². The fraction of sp³-hybridized carbons (Fsp3) is 0.312. The van der Waals surface area contributed by atoms with Crippen molar-refractivity contribution in [2.45, 2.75) is 26.5 Å². The van der Waals surface area contributed by atoms with E-state index >= 15 is 0 Å². The normalized spacial score (nSPS) is 12.1. The summed E-state index contributed by atoms with van der Waals surface area (Å²) in [4.78, 5) is 4.15. The van der Waals surface area contributed by atoms with Gasteiger partial charge in [-0.05, 0) is 25.1 Å². The van der Waals surface area contributed by atoms with Crippen LogP contribution in [-0.2, 0) is 6.54 Å². The van der Waals surface area contributed by atoms with E-state index < -0.39 is 0 Å². The monoisotopic (exact) mass is 256 g/mol. The van der Waals surface area contributed by atoms with E-state index in [1.54, 1.807) is 12.4 Å². The molecule has 0 aliphatic heterocycles. The van der Waals surface area contributed by atoms with Crippen LogP contribution in [0.1, 0.15) is 31.1 Å². The molecule has 1 atom stereocenters. The molecule has 0 fully saturated rings. The molecule has 0 bridgehead atoms. The van der Waals surface area contributed by atoms with Crippen molar-refractivity contribution in [1.29, 1.82) is 0 Å². The summed E-state index contributed by atoms with van der Waals surface area (Å²) in [6.07, 6.45) is 3.60. The van der Waals surface area contributed by atoms with Gasteiger partial charge in [-0.3, -0.25) is 4.98 Å². The maximum Gasteiger partial charge on any atom is 0.142 e. The highest BCUT2D eigenvalue weighted by Gasteiger charge is 2.09. The molecule has 1 N–H and O–H groups in total. The van der Waals surface area contributed by atoms with Crippen LogP contribution in [-0.4, -0.2) is 11.5 Å². The number of benzene rings is 1. The molecule has 3 heteroatoms. The Labute approximate surface area is 114 Å². The second-order valence-electron chi connectivity index (χ2n) is 4.43. The number of nitrogens with one attached hydrogen (secondary N) is 1. The predicted molar refractivity (Wildman–Crippen MR) is 77.1 cm³/mol. The first kappa shape index (κ1) is 13.6. The first-order chi connectivity index (χ1) is 9.31. The Hall–Kier alpha value is -1.87. The first-order valence-corrected chi connectivity index (χ1v) is 6.66. The Morgan fingerprint density at radius 2 is 2.00 bits per heavy atom. The van der Waals surface area contributed by atoms with Crippen LogP contribution in [0.15, 0.2) is 48.8 Å². The molecule has 0 spiro atoms. The summed E-state index contributed by atoms with van der Waals surface area (Å²) in [6, 6.07) is 12.2. The summed E-state index contributed by atoms with van der Waals surface area (Å²) in [5.41, 5.74) is 2.31. The van der Waals surface area contributed by atoms with Crippen LogP contribution in [0.5, 0.6) is 5.75 Å². The van der Waals surface area contributed by atoms with Crippen molar-refractivity contribution in [2.75, 3.05) is 6.54 Å². The lowest BCUT2D eigenvalue weighted by molar-refractivity contribution is 0.223. The average molecular weight is 256 g/mol. The van der Waals surface area contributed by atoms with Gasteiger partial charge in [0.05, 0.1) is 6.20 Å². The third-order valence-electron chi connectivity index (χ3n) is 3.01. The largest absolute Gasteiger partial charge is 0.484 e. The smallest absolute Gasteiger partial charge is 0.142 e. The second-order valence-corrected chi connectivity index (χ2v) is 4.43. The second kappa shape index (κ2) is 6.90. The summed E-state index contributed by atoms with van der Waals surface area (Å²) < 4.78 is 6.03. The molecule has 0 amide bonds. The first-order valence-electron chi connectivity index (χ1n) is 6.66. The number of ether oxygens (including phenoxy) is 1. The van der Waals surface area contributed by atoms with Crippen molar-refractivity contribution >= 4 is 0 Å². The van der Waals surface area contributed by atoms with Gasteiger partial charge >= 0.3 is 0 Å². The van der Waals surface area contributed by atoms with E-state index in [0.717, 1.165) is 24.4 Å². The van der Waals surface area contributed by atoms with Crippen LogP contribution < -0.4 is 10.1 Å². The predicted octanol–water partition coefficient (Wildman–Crippen LogP) is 3.33. The molecule has 1 unspecified atom stereocenters. The Morgan fingerprint density at radius 1 is 1.21 bits per heavy atom. The van der Waals surface area contributed by atoms with Gasteiger partial charge in [0.25, 0.3) is 0 Å². The summed E-state index contributed by atoms with van der Waals surface area (Å²) in [5, 5.41) is 3.31. The molecule has 1 heterocycles. The zero-order chi connectivity index (χ0) is 13.5. The van der Waals surface area contributed by atoms with Gasteiger partial charge in [0.2, 0.25) is 0 Å². The van der Waals surface area contributed by atoms with Crippen molar-refractivity contribution in [1.82, 2.24) is 10.3 Å². The average Bonchev–Trinajstić information content (AvgIpc) is 2.47. The fourth-order valence-electron chi connectivity index (χ4n) is 1.90. The van der Waals surface area contributed by atoms with Crippen LogP contribution in [0.2, 0.25) is 0 Å². The van der Waals surface area contributed by atoms with Crippen molar-refractivity contribution in [3.8, 4) is 5.75 Å². The lowest BCUT2D eigenvalue weighted by atomic mass is 10.1. The number of aromatic nitrogens is 1. The van der Waals surface area contributed by atoms with Gasteiger partial charge in [-0.1, -0.05) is 37.3 Å². The van der Waals surface area contributed by atoms with Gasteiger partial charge < -0.3 is 10.1 Å². The molecule has 19 heavy (non-hydrogen) atoms. The molecule has 0 saturated heterocycles. The Bertz CT molecular complexity index is 499. The summed E-state index contributed by atoms with van der Waals surface area (Å²) in [6.45, 7) is 5.89. The van der Waals surface area contributed by atoms with Crippen molar-refractivity contribution < 1.29 is 4.74 Å². The molecule has 1 aromatic heterocycles. The van der Waals surface area contributed by atoms with E-state index in [1.807, 2.05) is 24.3 Å². The van der Waals surface area contributed by atoms with Gasteiger partial charge in [-0.2, -0.15) is 0 Å². The molecule has 2 aromatic rings. The number of hydrogen-bond acceptors (Lipinski definition) is 3.